The second-order valence-corrected chi connectivity index (χ2v) is 2.64. The van der Waals surface area contributed by atoms with Gasteiger partial charge in [-0.15, -0.1) is 0 Å². The number of hydrogen-bond donors (Lipinski definition) is 1. The first kappa shape index (κ1) is 7.86. The smallest absolute Gasteiger partial charge is 0.118 e. The van der Waals surface area contributed by atoms with Gasteiger partial charge in [0.05, 0.1) is 12.8 Å². The molecule has 3 nitrogen and oxygen atoms in total. The van der Waals surface area contributed by atoms with Gasteiger partial charge in [-0.3, -0.25) is 5.10 Å². The summed E-state index contributed by atoms with van der Waals surface area (Å²) < 4.78 is 5.05. The van der Waals surface area contributed by atoms with Crippen LogP contribution in [0.15, 0.2) is 30.3 Å². The maximum atomic E-state index is 5.05. The Bertz CT molecular complexity index is 364. The van der Waals surface area contributed by atoms with Crippen LogP contribution < -0.4 is 4.74 Å². The summed E-state index contributed by atoms with van der Waals surface area (Å²) in [5.41, 5.74) is 2.04. The van der Waals surface area contributed by atoms with E-state index in [0.29, 0.717) is 0 Å². The molecule has 65 valence electrons. The van der Waals surface area contributed by atoms with Crippen LogP contribution in [0.5, 0.6) is 5.75 Å². The number of ether oxygens (including phenoxy) is 1. The van der Waals surface area contributed by atoms with Gasteiger partial charge >= 0.3 is 0 Å². The molecule has 1 N–H and O–H groups in total. The highest BCUT2D eigenvalue weighted by Gasteiger charge is 1.98. The van der Waals surface area contributed by atoms with Crippen molar-refractivity contribution in [1.29, 1.82) is 0 Å². The Morgan fingerprint density at radius 1 is 1.31 bits per heavy atom. The minimum atomic E-state index is 0.854. The largest absolute Gasteiger partial charge is 0.497 e. The van der Waals surface area contributed by atoms with Crippen molar-refractivity contribution in [2.75, 3.05) is 7.11 Å². The summed E-state index contributed by atoms with van der Waals surface area (Å²) in [6, 6.07) is 9.58. The van der Waals surface area contributed by atoms with Crippen LogP contribution in [0.25, 0.3) is 11.3 Å². The normalized spacial score (nSPS) is 9.92. The molecule has 0 aliphatic carbocycles. The fourth-order valence-electron chi connectivity index (χ4n) is 1.14. The van der Waals surface area contributed by atoms with E-state index >= 15 is 0 Å². The van der Waals surface area contributed by atoms with E-state index in [4.69, 9.17) is 4.74 Å². The molecular formula is C10H9N2O. The van der Waals surface area contributed by atoms with Crippen LogP contribution in [-0.2, 0) is 0 Å². The van der Waals surface area contributed by atoms with E-state index in [1.165, 1.54) is 0 Å². The molecule has 2 rings (SSSR count). The number of nitrogens with one attached hydrogen (secondary N) is 1. The highest BCUT2D eigenvalue weighted by Crippen LogP contribution is 2.19. The van der Waals surface area contributed by atoms with E-state index in [1.807, 2.05) is 30.3 Å². The molecule has 1 heterocycles. The predicted molar refractivity (Wildman–Crippen MR) is 49.4 cm³/mol. The molecule has 2 aromatic rings. The minimum Gasteiger partial charge on any atom is -0.497 e. The van der Waals surface area contributed by atoms with Gasteiger partial charge in [-0.25, -0.2) is 0 Å². The second-order valence-electron chi connectivity index (χ2n) is 2.64. The van der Waals surface area contributed by atoms with Crippen molar-refractivity contribution in [2.24, 2.45) is 0 Å². The van der Waals surface area contributed by atoms with Gasteiger partial charge in [-0.1, -0.05) is 0 Å². The van der Waals surface area contributed by atoms with Gasteiger partial charge in [0.25, 0.3) is 0 Å². The molecular weight excluding hydrogens is 164 g/mol. The number of nitrogens with zero attached hydrogens (tertiary/aromatic N) is 1. The topological polar surface area (TPSA) is 37.9 Å². The van der Waals surface area contributed by atoms with Gasteiger partial charge in [-0.05, 0) is 35.9 Å². The monoisotopic (exact) mass is 173 g/mol. The van der Waals surface area contributed by atoms with Crippen LogP contribution in [-0.4, -0.2) is 17.3 Å². The molecule has 1 radical (unpaired) electrons. The maximum Gasteiger partial charge on any atom is 0.118 e. The molecule has 0 fully saturated rings. The SMILES string of the molecule is COc1ccc(-c2c[c]n[nH]2)cc1. The van der Waals surface area contributed by atoms with Gasteiger partial charge in [-0.2, -0.15) is 5.10 Å². The maximum absolute atomic E-state index is 5.05. The lowest BCUT2D eigenvalue weighted by Crippen LogP contribution is -1.82. The van der Waals surface area contributed by atoms with E-state index < -0.39 is 0 Å². The zero-order valence-corrected chi connectivity index (χ0v) is 7.24. The van der Waals surface area contributed by atoms with Crippen LogP contribution in [0.4, 0.5) is 0 Å². The molecule has 0 saturated carbocycles. The molecule has 0 unspecified atom stereocenters. The Labute approximate surface area is 76.4 Å². The summed E-state index contributed by atoms with van der Waals surface area (Å²) in [6.45, 7) is 0. The first-order valence-corrected chi connectivity index (χ1v) is 3.96. The Balaban J connectivity index is 2.33. The first-order valence-electron chi connectivity index (χ1n) is 3.96. The highest BCUT2D eigenvalue weighted by atomic mass is 16.5. The number of benzene rings is 1. The van der Waals surface area contributed by atoms with E-state index in [9.17, 15) is 0 Å². The third-order valence-electron chi connectivity index (χ3n) is 1.85. The third-order valence-corrected chi connectivity index (χ3v) is 1.85. The fourth-order valence-corrected chi connectivity index (χ4v) is 1.14. The summed E-state index contributed by atoms with van der Waals surface area (Å²) in [5.74, 6) is 0.854. The van der Waals surface area contributed by atoms with Gasteiger partial charge in [0, 0.05) is 0 Å². The summed E-state index contributed by atoms with van der Waals surface area (Å²) in [4.78, 5) is 0. The molecule has 1 aromatic heterocycles. The summed E-state index contributed by atoms with van der Waals surface area (Å²) >= 11 is 0. The van der Waals surface area contributed by atoms with Crippen LogP contribution in [0, 0.1) is 6.20 Å². The quantitative estimate of drug-likeness (QED) is 0.753. The highest BCUT2D eigenvalue weighted by molar-refractivity contribution is 5.59. The average molecular weight is 173 g/mol. The molecule has 3 heteroatoms. The third kappa shape index (κ3) is 1.54. The molecule has 0 spiro atoms. The molecule has 0 aliphatic rings. The number of rotatable bonds is 2. The molecule has 13 heavy (non-hydrogen) atoms. The van der Waals surface area contributed by atoms with Crippen molar-refractivity contribution in [3.05, 3.63) is 36.5 Å². The van der Waals surface area contributed by atoms with E-state index in [0.717, 1.165) is 17.0 Å². The summed E-state index contributed by atoms with van der Waals surface area (Å²) in [6.07, 6.45) is 2.72. The zero-order chi connectivity index (χ0) is 9.10. The van der Waals surface area contributed by atoms with E-state index in [1.54, 1.807) is 7.11 Å². The Morgan fingerprint density at radius 2 is 2.08 bits per heavy atom. The Kier molecular flexibility index (Phi) is 2.00. The standard InChI is InChI=1S/C10H9N2O/c1-13-9-4-2-8(3-5-9)10-6-7-11-12-10/h2-6H,1H3,(H,11,12). The van der Waals surface area contributed by atoms with Crippen LogP contribution >= 0.6 is 0 Å². The lowest BCUT2D eigenvalue weighted by atomic mass is 10.1. The van der Waals surface area contributed by atoms with Crippen molar-refractivity contribution < 1.29 is 4.74 Å². The van der Waals surface area contributed by atoms with E-state index in [2.05, 4.69) is 16.4 Å². The lowest BCUT2D eigenvalue weighted by molar-refractivity contribution is 0.415. The summed E-state index contributed by atoms with van der Waals surface area (Å²) in [5, 5.41) is 6.60. The van der Waals surface area contributed by atoms with Crippen molar-refractivity contribution in [1.82, 2.24) is 10.2 Å². The summed E-state index contributed by atoms with van der Waals surface area (Å²) in [7, 11) is 1.65. The Morgan fingerprint density at radius 3 is 2.62 bits per heavy atom. The average Bonchev–Trinajstić information content (AvgIpc) is 2.71. The number of aromatic amines is 1. The zero-order valence-electron chi connectivity index (χ0n) is 7.24. The number of hydrogen-bond acceptors (Lipinski definition) is 2. The molecule has 1 aromatic carbocycles. The number of aromatic nitrogens is 2. The van der Waals surface area contributed by atoms with E-state index in [-0.39, 0.29) is 0 Å². The van der Waals surface area contributed by atoms with Gasteiger partial charge in [0.2, 0.25) is 0 Å². The van der Waals surface area contributed by atoms with Crippen molar-refractivity contribution in [2.45, 2.75) is 0 Å². The fraction of sp³-hybridized carbons (Fsp3) is 0.100. The number of H-pyrrole nitrogens is 1. The van der Waals surface area contributed by atoms with Crippen molar-refractivity contribution in [3.63, 3.8) is 0 Å². The van der Waals surface area contributed by atoms with Crippen molar-refractivity contribution in [3.8, 4) is 17.0 Å². The minimum absolute atomic E-state index is 0.854. The molecule has 0 aliphatic heterocycles. The van der Waals surface area contributed by atoms with Crippen molar-refractivity contribution >= 4 is 0 Å². The van der Waals surface area contributed by atoms with Gasteiger partial charge in [0.1, 0.15) is 11.9 Å². The Hall–Kier alpha value is -1.77. The lowest BCUT2D eigenvalue weighted by Gasteiger charge is -2.00. The molecule has 0 atom stereocenters. The molecule has 0 amide bonds. The second kappa shape index (κ2) is 3.31. The van der Waals surface area contributed by atoms with Gasteiger partial charge < -0.3 is 4.74 Å². The predicted octanol–water partition coefficient (Wildman–Crippen LogP) is 1.89. The first-order chi connectivity index (χ1) is 6.40. The van der Waals surface area contributed by atoms with Gasteiger partial charge in [0.15, 0.2) is 0 Å². The van der Waals surface area contributed by atoms with Crippen LogP contribution in [0.2, 0.25) is 0 Å². The molecule has 0 bridgehead atoms. The van der Waals surface area contributed by atoms with Crippen LogP contribution in [0.1, 0.15) is 0 Å². The number of methoxy groups -OCH3 is 1. The molecule has 0 saturated heterocycles. The van der Waals surface area contributed by atoms with Crippen LogP contribution in [0.3, 0.4) is 0 Å².